The van der Waals surface area contributed by atoms with E-state index in [4.69, 9.17) is 4.52 Å². The third-order valence-electron chi connectivity index (χ3n) is 2.83. The van der Waals surface area contributed by atoms with Gasteiger partial charge in [0.25, 0.3) is 0 Å². The van der Waals surface area contributed by atoms with Crippen LogP contribution in [-0.2, 0) is 0 Å². The Labute approximate surface area is 83.3 Å². The summed E-state index contributed by atoms with van der Waals surface area (Å²) in [6.07, 6.45) is 2.60. The Morgan fingerprint density at radius 1 is 1.57 bits per heavy atom. The zero-order chi connectivity index (χ0) is 10.1. The fourth-order valence-electron chi connectivity index (χ4n) is 1.34. The van der Waals surface area contributed by atoms with Gasteiger partial charge in [0.1, 0.15) is 6.10 Å². The molecule has 0 bridgehead atoms. The van der Waals surface area contributed by atoms with Gasteiger partial charge in [-0.1, -0.05) is 25.4 Å². The topological polar surface area (TPSA) is 59.2 Å². The number of aromatic nitrogens is 2. The molecule has 1 aliphatic rings. The molecule has 1 N–H and O–H groups in total. The predicted molar refractivity (Wildman–Crippen MR) is 50.7 cm³/mol. The number of rotatable bonds is 4. The normalized spacial score (nSPS) is 20.8. The van der Waals surface area contributed by atoms with E-state index in [-0.39, 0.29) is 5.92 Å². The van der Waals surface area contributed by atoms with E-state index in [0.717, 1.165) is 19.3 Å². The van der Waals surface area contributed by atoms with E-state index in [0.29, 0.717) is 17.6 Å². The summed E-state index contributed by atoms with van der Waals surface area (Å²) in [4.78, 5) is 4.21. The van der Waals surface area contributed by atoms with Crippen molar-refractivity contribution in [3.8, 4) is 0 Å². The lowest BCUT2D eigenvalue weighted by Crippen LogP contribution is -2.09. The Hall–Kier alpha value is -0.900. The highest BCUT2D eigenvalue weighted by Crippen LogP contribution is 2.39. The minimum atomic E-state index is -0.587. The van der Waals surface area contributed by atoms with E-state index in [1.807, 2.05) is 13.8 Å². The fraction of sp³-hybridized carbons (Fsp3) is 0.800. The molecule has 2 atom stereocenters. The zero-order valence-corrected chi connectivity index (χ0v) is 8.60. The van der Waals surface area contributed by atoms with Crippen LogP contribution in [0.5, 0.6) is 0 Å². The zero-order valence-electron chi connectivity index (χ0n) is 8.60. The van der Waals surface area contributed by atoms with Crippen molar-refractivity contribution in [2.75, 3.05) is 0 Å². The molecule has 1 saturated carbocycles. The molecule has 78 valence electrons. The van der Waals surface area contributed by atoms with E-state index in [9.17, 15) is 5.11 Å². The largest absolute Gasteiger partial charge is 0.385 e. The third-order valence-corrected chi connectivity index (χ3v) is 2.83. The molecule has 1 aromatic heterocycles. The van der Waals surface area contributed by atoms with Gasteiger partial charge in [0.15, 0.2) is 0 Å². The number of hydrogen-bond acceptors (Lipinski definition) is 4. The molecule has 2 rings (SSSR count). The van der Waals surface area contributed by atoms with Crippen molar-refractivity contribution in [1.29, 1.82) is 0 Å². The lowest BCUT2D eigenvalue weighted by atomic mass is 10.0. The van der Waals surface area contributed by atoms with Gasteiger partial charge in [-0.05, 0) is 18.8 Å². The van der Waals surface area contributed by atoms with Crippen LogP contribution in [0.25, 0.3) is 0 Å². The number of nitrogens with zero attached hydrogens (tertiary/aromatic N) is 2. The van der Waals surface area contributed by atoms with Crippen LogP contribution in [0.15, 0.2) is 4.52 Å². The summed E-state index contributed by atoms with van der Waals surface area (Å²) < 4.78 is 5.08. The van der Waals surface area contributed by atoms with Crippen LogP contribution in [0.1, 0.15) is 56.8 Å². The van der Waals surface area contributed by atoms with Crippen LogP contribution in [0.4, 0.5) is 0 Å². The summed E-state index contributed by atoms with van der Waals surface area (Å²) >= 11 is 0. The molecule has 1 unspecified atom stereocenters. The lowest BCUT2D eigenvalue weighted by Gasteiger charge is -2.12. The van der Waals surface area contributed by atoms with Crippen molar-refractivity contribution in [2.24, 2.45) is 5.92 Å². The molecule has 0 saturated heterocycles. The Morgan fingerprint density at radius 2 is 2.29 bits per heavy atom. The number of hydrogen-bond donors (Lipinski definition) is 1. The van der Waals surface area contributed by atoms with Crippen LogP contribution in [0, 0.1) is 5.92 Å². The van der Waals surface area contributed by atoms with Crippen molar-refractivity contribution < 1.29 is 9.63 Å². The van der Waals surface area contributed by atoms with Crippen LogP contribution in [-0.4, -0.2) is 15.2 Å². The number of aliphatic hydroxyl groups excluding tert-OH is 1. The average molecular weight is 196 g/mol. The second kappa shape index (κ2) is 3.69. The lowest BCUT2D eigenvalue weighted by molar-refractivity contribution is 0.104. The summed E-state index contributed by atoms with van der Waals surface area (Å²) in [5.74, 6) is 1.78. The fourth-order valence-corrected chi connectivity index (χ4v) is 1.34. The van der Waals surface area contributed by atoms with Gasteiger partial charge in [0, 0.05) is 5.92 Å². The molecular weight excluding hydrogens is 180 g/mol. The van der Waals surface area contributed by atoms with Crippen molar-refractivity contribution in [1.82, 2.24) is 10.1 Å². The van der Waals surface area contributed by atoms with E-state index < -0.39 is 6.10 Å². The van der Waals surface area contributed by atoms with Gasteiger partial charge in [-0.15, -0.1) is 0 Å². The van der Waals surface area contributed by atoms with Crippen molar-refractivity contribution in [2.45, 2.75) is 45.1 Å². The van der Waals surface area contributed by atoms with E-state index in [1.165, 1.54) is 0 Å². The van der Waals surface area contributed by atoms with Gasteiger partial charge in [0.05, 0.1) is 0 Å². The van der Waals surface area contributed by atoms with Crippen LogP contribution in [0.3, 0.4) is 0 Å². The molecule has 0 spiro atoms. The highest BCUT2D eigenvalue weighted by molar-refractivity contribution is 5.03. The summed E-state index contributed by atoms with van der Waals surface area (Å²) in [6, 6.07) is 0. The first-order valence-corrected chi connectivity index (χ1v) is 5.24. The second-order valence-corrected chi connectivity index (χ2v) is 4.10. The van der Waals surface area contributed by atoms with Crippen molar-refractivity contribution in [3.63, 3.8) is 0 Å². The minimum absolute atomic E-state index is 0.180. The predicted octanol–water partition coefficient (Wildman–Crippen LogP) is 2.03. The minimum Gasteiger partial charge on any atom is -0.385 e. The quantitative estimate of drug-likeness (QED) is 0.800. The van der Waals surface area contributed by atoms with Gasteiger partial charge < -0.3 is 9.63 Å². The average Bonchev–Trinajstić information content (AvgIpc) is 2.94. The molecule has 4 nitrogen and oxygen atoms in total. The first-order valence-electron chi connectivity index (χ1n) is 5.24. The smallest absolute Gasteiger partial charge is 0.229 e. The van der Waals surface area contributed by atoms with Crippen LogP contribution < -0.4 is 0 Å². The number of aliphatic hydroxyl groups is 1. The molecule has 0 radical (unpaired) electrons. The first kappa shape index (κ1) is 9.65. The Kier molecular flexibility index (Phi) is 2.54. The van der Waals surface area contributed by atoms with Gasteiger partial charge >= 0.3 is 0 Å². The molecule has 1 aromatic rings. The van der Waals surface area contributed by atoms with Gasteiger partial charge in [-0.2, -0.15) is 4.98 Å². The Morgan fingerprint density at radius 3 is 2.86 bits per heavy atom. The van der Waals surface area contributed by atoms with Crippen molar-refractivity contribution in [3.05, 3.63) is 11.7 Å². The van der Waals surface area contributed by atoms with E-state index >= 15 is 0 Å². The maximum Gasteiger partial charge on any atom is 0.229 e. The Balaban J connectivity index is 2.07. The van der Waals surface area contributed by atoms with Gasteiger partial charge in [0.2, 0.25) is 11.7 Å². The molecule has 4 heteroatoms. The maximum atomic E-state index is 9.82. The highest BCUT2D eigenvalue weighted by atomic mass is 16.5. The van der Waals surface area contributed by atoms with Crippen molar-refractivity contribution >= 4 is 0 Å². The molecule has 1 aliphatic carbocycles. The Bertz CT molecular complexity index is 307. The first-order chi connectivity index (χ1) is 6.72. The molecule has 0 aliphatic heterocycles. The molecular formula is C10H16N2O2. The SMILES string of the molecule is CC[C@H](C)C(O)c1noc(C2CC2)n1. The molecule has 14 heavy (non-hydrogen) atoms. The maximum absolute atomic E-state index is 9.82. The summed E-state index contributed by atoms with van der Waals surface area (Å²) in [7, 11) is 0. The van der Waals surface area contributed by atoms with Gasteiger partial charge in [-0.25, -0.2) is 0 Å². The molecule has 0 aromatic carbocycles. The monoisotopic (exact) mass is 196 g/mol. The van der Waals surface area contributed by atoms with Crippen LogP contribution in [0.2, 0.25) is 0 Å². The molecule has 1 heterocycles. The van der Waals surface area contributed by atoms with E-state index in [2.05, 4.69) is 10.1 Å². The third kappa shape index (κ3) is 1.80. The van der Waals surface area contributed by atoms with Crippen LogP contribution >= 0.6 is 0 Å². The van der Waals surface area contributed by atoms with E-state index in [1.54, 1.807) is 0 Å². The molecule has 1 fully saturated rings. The standard InChI is InChI=1S/C10H16N2O2/c1-3-6(2)8(13)9-11-10(14-12-9)7-4-5-7/h6-8,13H,3-5H2,1-2H3/t6-,8?/m0/s1. The summed E-state index contributed by atoms with van der Waals surface area (Å²) in [5.41, 5.74) is 0. The summed E-state index contributed by atoms with van der Waals surface area (Å²) in [6.45, 7) is 4.02. The van der Waals surface area contributed by atoms with Gasteiger partial charge in [-0.3, -0.25) is 0 Å². The molecule has 0 amide bonds. The summed E-state index contributed by atoms with van der Waals surface area (Å²) in [5, 5.41) is 13.6. The second-order valence-electron chi connectivity index (χ2n) is 4.10. The highest BCUT2D eigenvalue weighted by Gasteiger charge is 2.31.